The Labute approximate surface area is 152 Å². The minimum atomic E-state index is -0.205. The van der Waals surface area contributed by atoms with Crippen LogP contribution in [0.15, 0.2) is 72.9 Å². The Kier molecular flexibility index (Phi) is 5.39. The van der Waals surface area contributed by atoms with E-state index in [1.807, 2.05) is 49.4 Å². The molecule has 0 aliphatic rings. The van der Waals surface area contributed by atoms with E-state index in [1.165, 1.54) is 0 Å². The van der Waals surface area contributed by atoms with Crippen LogP contribution in [0.4, 0.5) is 5.82 Å². The van der Waals surface area contributed by atoms with Gasteiger partial charge in [0.1, 0.15) is 5.82 Å². The Morgan fingerprint density at radius 2 is 1.62 bits per heavy atom. The molecule has 0 fully saturated rings. The lowest BCUT2D eigenvalue weighted by atomic mass is 10.0. The van der Waals surface area contributed by atoms with Crippen molar-refractivity contribution >= 4 is 17.6 Å². The molecule has 3 rings (SSSR count). The molecule has 2 amide bonds. The number of nitrogens with zero attached hydrogens (tertiary/aromatic N) is 1. The van der Waals surface area contributed by atoms with E-state index in [1.54, 1.807) is 30.5 Å². The van der Waals surface area contributed by atoms with Gasteiger partial charge in [0.05, 0.1) is 0 Å². The summed E-state index contributed by atoms with van der Waals surface area (Å²) in [6, 6.07) is 19.9. The van der Waals surface area contributed by atoms with Gasteiger partial charge >= 0.3 is 0 Å². The normalized spacial score (nSPS) is 10.2. The molecule has 0 unspecified atom stereocenters. The standard InChI is InChI=1S/C21H19N3O2/c1-2-22-20(25)17-10-6-9-16(13-17)18-11-12-19(23-14-18)24-21(26)15-7-4-3-5-8-15/h3-14H,2H2,1H3,(H,22,25)(H,23,24,26). The topological polar surface area (TPSA) is 71.1 Å². The van der Waals surface area contributed by atoms with Crippen molar-refractivity contribution in [1.29, 1.82) is 0 Å². The van der Waals surface area contributed by atoms with Gasteiger partial charge in [-0.1, -0.05) is 30.3 Å². The number of hydrogen-bond acceptors (Lipinski definition) is 3. The summed E-state index contributed by atoms with van der Waals surface area (Å²) in [7, 11) is 0. The number of benzene rings is 2. The van der Waals surface area contributed by atoms with Crippen molar-refractivity contribution in [3.8, 4) is 11.1 Å². The summed E-state index contributed by atoms with van der Waals surface area (Å²) in [5.41, 5.74) is 2.94. The monoisotopic (exact) mass is 345 g/mol. The van der Waals surface area contributed by atoms with Gasteiger partial charge < -0.3 is 10.6 Å². The maximum Gasteiger partial charge on any atom is 0.256 e. The molecule has 0 spiro atoms. The quantitative estimate of drug-likeness (QED) is 0.740. The van der Waals surface area contributed by atoms with Gasteiger partial charge in [0.2, 0.25) is 0 Å². The molecular formula is C21H19N3O2. The van der Waals surface area contributed by atoms with Crippen LogP contribution in [0.2, 0.25) is 0 Å². The lowest BCUT2D eigenvalue weighted by Gasteiger charge is -2.07. The highest BCUT2D eigenvalue weighted by Gasteiger charge is 2.08. The second-order valence-corrected chi connectivity index (χ2v) is 5.69. The Balaban J connectivity index is 1.75. The van der Waals surface area contributed by atoms with Crippen molar-refractivity contribution in [3.05, 3.63) is 84.1 Å². The molecule has 130 valence electrons. The average molecular weight is 345 g/mol. The summed E-state index contributed by atoms with van der Waals surface area (Å²) in [6.07, 6.45) is 1.68. The van der Waals surface area contributed by atoms with Crippen molar-refractivity contribution in [2.24, 2.45) is 0 Å². The summed E-state index contributed by atoms with van der Waals surface area (Å²) >= 11 is 0. The molecule has 2 N–H and O–H groups in total. The SMILES string of the molecule is CCNC(=O)c1cccc(-c2ccc(NC(=O)c3ccccc3)nc2)c1. The van der Waals surface area contributed by atoms with Gasteiger partial charge in [-0.05, 0) is 48.9 Å². The average Bonchev–Trinajstić information content (AvgIpc) is 2.69. The maximum atomic E-state index is 12.2. The van der Waals surface area contributed by atoms with E-state index in [-0.39, 0.29) is 11.8 Å². The molecule has 1 heterocycles. The van der Waals surface area contributed by atoms with Gasteiger partial charge in [-0.3, -0.25) is 9.59 Å². The first-order valence-electron chi connectivity index (χ1n) is 8.38. The number of amides is 2. The number of carbonyl (C=O) groups is 2. The molecule has 0 aliphatic carbocycles. The number of anilines is 1. The molecule has 0 aliphatic heterocycles. The van der Waals surface area contributed by atoms with Gasteiger partial charge in [0.25, 0.3) is 11.8 Å². The predicted molar refractivity (Wildman–Crippen MR) is 102 cm³/mol. The fraction of sp³-hybridized carbons (Fsp3) is 0.0952. The van der Waals surface area contributed by atoms with Gasteiger partial charge in [-0.25, -0.2) is 4.98 Å². The number of pyridine rings is 1. The summed E-state index contributed by atoms with van der Waals surface area (Å²) in [4.78, 5) is 28.4. The Morgan fingerprint density at radius 3 is 2.31 bits per heavy atom. The Hall–Kier alpha value is -3.47. The minimum absolute atomic E-state index is 0.103. The van der Waals surface area contributed by atoms with Gasteiger partial charge in [-0.15, -0.1) is 0 Å². The van der Waals surface area contributed by atoms with Crippen LogP contribution in [0.25, 0.3) is 11.1 Å². The molecule has 5 nitrogen and oxygen atoms in total. The van der Waals surface area contributed by atoms with Crippen molar-refractivity contribution in [1.82, 2.24) is 10.3 Å². The highest BCUT2D eigenvalue weighted by atomic mass is 16.2. The zero-order chi connectivity index (χ0) is 18.4. The maximum absolute atomic E-state index is 12.2. The Bertz CT molecular complexity index is 906. The van der Waals surface area contributed by atoms with Crippen LogP contribution in [0.1, 0.15) is 27.6 Å². The summed E-state index contributed by atoms with van der Waals surface area (Å²) < 4.78 is 0. The van der Waals surface area contributed by atoms with Gasteiger partial charge in [0.15, 0.2) is 0 Å². The lowest BCUT2D eigenvalue weighted by Crippen LogP contribution is -2.22. The van der Waals surface area contributed by atoms with E-state index in [4.69, 9.17) is 0 Å². The van der Waals surface area contributed by atoms with E-state index in [0.717, 1.165) is 11.1 Å². The number of hydrogen-bond donors (Lipinski definition) is 2. The largest absolute Gasteiger partial charge is 0.352 e. The molecule has 0 bridgehead atoms. The van der Waals surface area contributed by atoms with Crippen molar-refractivity contribution in [2.45, 2.75) is 6.92 Å². The molecule has 0 saturated heterocycles. The molecule has 26 heavy (non-hydrogen) atoms. The van der Waals surface area contributed by atoms with Crippen molar-refractivity contribution in [3.63, 3.8) is 0 Å². The van der Waals surface area contributed by atoms with E-state index in [0.29, 0.717) is 23.5 Å². The van der Waals surface area contributed by atoms with Crippen LogP contribution in [-0.4, -0.2) is 23.3 Å². The van der Waals surface area contributed by atoms with Crippen LogP contribution in [0, 0.1) is 0 Å². The zero-order valence-electron chi connectivity index (χ0n) is 14.4. The molecule has 1 aromatic heterocycles. The first-order valence-corrected chi connectivity index (χ1v) is 8.38. The first kappa shape index (κ1) is 17.4. The third kappa shape index (κ3) is 4.13. The minimum Gasteiger partial charge on any atom is -0.352 e. The van der Waals surface area contributed by atoms with Crippen LogP contribution in [0.3, 0.4) is 0 Å². The summed E-state index contributed by atoms with van der Waals surface area (Å²) in [5, 5.41) is 5.55. The van der Waals surface area contributed by atoms with Gasteiger partial charge in [0, 0.05) is 29.4 Å². The van der Waals surface area contributed by atoms with Crippen LogP contribution in [0.5, 0.6) is 0 Å². The zero-order valence-corrected chi connectivity index (χ0v) is 14.4. The van der Waals surface area contributed by atoms with E-state index in [2.05, 4.69) is 15.6 Å². The van der Waals surface area contributed by atoms with Crippen LogP contribution >= 0.6 is 0 Å². The van der Waals surface area contributed by atoms with E-state index in [9.17, 15) is 9.59 Å². The smallest absolute Gasteiger partial charge is 0.256 e. The third-order valence-corrected chi connectivity index (χ3v) is 3.84. The van der Waals surface area contributed by atoms with Crippen molar-refractivity contribution in [2.75, 3.05) is 11.9 Å². The lowest BCUT2D eigenvalue weighted by molar-refractivity contribution is 0.0955. The second kappa shape index (κ2) is 8.07. The summed E-state index contributed by atoms with van der Waals surface area (Å²) in [5.74, 6) is 0.167. The van der Waals surface area contributed by atoms with Crippen LogP contribution < -0.4 is 10.6 Å². The molecule has 2 aromatic carbocycles. The highest BCUT2D eigenvalue weighted by Crippen LogP contribution is 2.21. The molecule has 0 saturated carbocycles. The fourth-order valence-electron chi connectivity index (χ4n) is 2.52. The highest BCUT2D eigenvalue weighted by molar-refractivity contribution is 6.03. The molecule has 3 aromatic rings. The van der Waals surface area contributed by atoms with Gasteiger partial charge in [-0.2, -0.15) is 0 Å². The molecule has 0 atom stereocenters. The number of nitrogens with one attached hydrogen (secondary N) is 2. The number of aromatic nitrogens is 1. The van der Waals surface area contributed by atoms with E-state index < -0.39 is 0 Å². The third-order valence-electron chi connectivity index (χ3n) is 3.84. The predicted octanol–water partition coefficient (Wildman–Crippen LogP) is 3.75. The fourth-order valence-corrected chi connectivity index (χ4v) is 2.52. The first-order chi connectivity index (χ1) is 12.7. The molecule has 5 heteroatoms. The second-order valence-electron chi connectivity index (χ2n) is 5.69. The van der Waals surface area contributed by atoms with Crippen LogP contribution in [-0.2, 0) is 0 Å². The summed E-state index contributed by atoms with van der Waals surface area (Å²) in [6.45, 7) is 2.47. The van der Waals surface area contributed by atoms with E-state index >= 15 is 0 Å². The number of rotatable bonds is 5. The molecule has 0 radical (unpaired) electrons. The molecular weight excluding hydrogens is 326 g/mol. The Morgan fingerprint density at radius 1 is 0.846 bits per heavy atom. The number of carbonyl (C=O) groups excluding carboxylic acids is 2. The van der Waals surface area contributed by atoms with Crippen molar-refractivity contribution < 1.29 is 9.59 Å².